The Labute approximate surface area is 189 Å². The highest BCUT2D eigenvalue weighted by Gasteiger charge is 2.28. The Kier molecular flexibility index (Phi) is 7.03. The molecule has 0 atom stereocenters. The van der Waals surface area contributed by atoms with Crippen LogP contribution in [0.15, 0.2) is 29.2 Å². The number of benzene rings is 1. The molecule has 31 heavy (non-hydrogen) atoms. The maximum absolute atomic E-state index is 12.4. The van der Waals surface area contributed by atoms with Crippen molar-refractivity contribution in [2.75, 3.05) is 17.6 Å². The molecule has 1 aromatic heterocycles. The van der Waals surface area contributed by atoms with Gasteiger partial charge in [0.25, 0.3) is 5.91 Å². The lowest BCUT2D eigenvalue weighted by molar-refractivity contribution is -0.129. The van der Waals surface area contributed by atoms with E-state index in [4.69, 9.17) is 17.3 Å². The Morgan fingerprint density at radius 2 is 1.90 bits per heavy atom. The summed E-state index contributed by atoms with van der Waals surface area (Å²) in [6, 6.07) is 5.85. The van der Waals surface area contributed by atoms with Gasteiger partial charge in [-0.15, -0.1) is 11.3 Å². The van der Waals surface area contributed by atoms with Crippen LogP contribution < -0.4 is 11.1 Å². The number of nitrogens with one attached hydrogen (secondary N) is 1. The summed E-state index contributed by atoms with van der Waals surface area (Å²) in [4.78, 5) is 38.7. The summed E-state index contributed by atoms with van der Waals surface area (Å²) < 4.78 is 24.8. The van der Waals surface area contributed by atoms with E-state index < -0.39 is 21.7 Å². The van der Waals surface area contributed by atoms with Crippen molar-refractivity contribution in [1.82, 2.24) is 4.90 Å². The summed E-state index contributed by atoms with van der Waals surface area (Å²) in [5, 5.41) is 3.47. The maximum Gasteiger partial charge on any atom is 0.251 e. The summed E-state index contributed by atoms with van der Waals surface area (Å²) in [6.07, 6.45) is 0.567. The summed E-state index contributed by atoms with van der Waals surface area (Å²) in [5.41, 5.74) is 6.56. The minimum absolute atomic E-state index is 0.0346. The molecule has 166 valence electrons. The zero-order valence-corrected chi connectivity index (χ0v) is 19.2. The van der Waals surface area contributed by atoms with Crippen molar-refractivity contribution in [1.29, 1.82) is 0 Å². The van der Waals surface area contributed by atoms with E-state index in [2.05, 4.69) is 5.32 Å². The number of hydrogen-bond donors (Lipinski definition) is 2. The first kappa shape index (κ1) is 23.2. The Balaban J connectivity index is 1.65. The van der Waals surface area contributed by atoms with Crippen molar-refractivity contribution in [2.45, 2.75) is 37.6 Å². The van der Waals surface area contributed by atoms with E-state index in [1.165, 1.54) is 42.5 Å². The molecule has 0 aliphatic carbocycles. The van der Waals surface area contributed by atoms with Crippen LogP contribution in [0.1, 0.15) is 40.6 Å². The second-order valence-electron chi connectivity index (χ2n) is 7.19. The Bertz CT molecular complexity index is 1130. The third-order valence-corrected chi connectivity index (χ3v) is 8.19. The van der Waals surface area contributed by atoms with Gasteiger partial charge >= 0.3 is 0 Å². The first-order valence-corrected chi connectivity index (χ1v) is 12.4. The molecular weight excluding hydrogens is 462 g/mol. The van der Waals surface area contributed by atoms with Crippen LogP contribution in [0.5, 0.6) is 0 Å². The Morgan fingerprint density at radius 1 is 1.23 bits per heavy atom. The number of nitrogens with zero attached hydrogens (tertiary/aromatic N) is 1. The molecule has 1 aliphatic rings. The molecule has 0 saturated heterocycles. The summed E-state index contributed by atoms with van der Waals surface area (Å²) >= 11 is 7.00. The molecule has 0 spiro atoms. The fraction of sp³-hybridized carbons (Fsp3) is 0.350. The second kappa shape index (κ2) is 9.37. The van der Waals surface area contributed by atoms with E-state index in [1.807, 2.05) is 0 Å². The van der Waals surface area contributed by atoms with Gasteiger partial charge in [-0.25, -0.2) is 8.42 Å². The van der Waals surface area contributed by atoms with E-state index in [0.717, 1.165) is 10.4 Å². The lowest BCUT2D eigenvalue weighted by Crippen LogP contribution is -2.34. The summed E-state index contributed by atoms with van der Waals surface area (Å²) in [5.74, 6) is -1.31. The molecule has 3 N–H and O–H groups in total. The fourth-order valence-electron chi connectivity index (χ4n) is 3.39. The minimum Gasteiger partial charge on any atom is -0.365 e. The SMILES string of the molecule is CC(=O)N1CCc2c(sc(NC(=O)CCCS(=O)(=O)c3ccc(Cl)cc3)c2C(N)=O)C1. The molecule has 3 rings (SSSR count). The third kappa shape index (κ3) is 5.44. The van der Waals surface area contributed by atoms with Gasteiger partial charge in [0, 0.05) is 29.8 Å². The van der Waals surface area contributed by atoms with Crippen LogP contribution in [-0.4, -0.2) is 43.3 Å². The monoisotopic (exact) mass is 483 g/mol. The molecule has 1 aromatic carbocycles. The van der Waals surface area contributed by atoms with E-state index in [1.54, 1.807) is 4.90 Å². The second-order valence-corrected chi connectivity index (χ2v) is 10.8. The predicted octanol–water partition coefficient (Wildman–Crippen LogP) is 2.60. The van der Waals surface area contributed by atoms with Crippen LogP contribution in [0.4, 0.5) is 5.00 Å². The number of thiophene rings is 1. The van der Waals surface area contributed by atoms with Crippen molar-refractivity contribution < 1.29 is 22.8 Å². The smallest absolute Gasteiger partial charge is 0.251 e. The normalized spacial score (nSPS) is 13.5. The number of fused-ring (bicyclic) bond motifs is 1. The summed E-state index contributed by atoms with van der Waals surface area (Å²) in [7, 11) is -3.53. The van der Waals surface area contributed by atoms with Crippen LogP contribution in [0.3, 0.4) is 0 Å². The van der Waals surface area contributed by atoms with Crippen molar-refractivity contribution in [3.05, 3.63) is 45.3 Å². The molecule has 0 bridgehead atoms. The standard InChI is InChI=1S/C20H22ClN3O5S2/c1-12(25)24-9-8-15-16(11-24)30-20(18(15)19(22)27)23-17(26)3-2-10-31(28,29)14-6-4-13(21)5-7-14/h4-7H,2-3,8-11H2,1H3,(H2,22,27)(H,23,26). The molecule has 11 heteroatoms. The number of hydrogen-bond acceptors (Lipinski definition) is 6. The van der Waals surface area contributed by atoms with E-state index in [9.17, 15) is 22.8 Å². The maximum atomic E-state index is 12.4. The van der Waals surface area contributed by atoms with Gasteiger partial charge in [-0.3, -0.25) is 14.4 Å². The van der Waals surface area contributed by atoms with Crippen LogP contribution in [-0.2, 0) is 32.4 Å². The molecular formula is C20H22ClN3O5S2. The van der Waals surface area contributed by atoms with E-state index in [-0.39, 0.29) is 35.0 Å². The lowest BCUT2D eigenvalue weighted by Gasteiger charge is -2.25. The first-order chi connectivity index (χ1) is 14.6. The fourth-order valence-corrected chi connectivity index (χ4v) is 6.11. The number of carbonyl (C=O) groups excluding carboxylic acids is 3. The molecule has 8 nitrogen and oxygen atoms in total. The highest BCUT2D eigenvalue weighted by molar-refractivity contribution is 7.91. The molecule has 3 amide bonds. The molecule has 0 fully saturated rings. The number of halogens is 1. The number of rotatable bonds is 7. The lowest BCUT2D eigenvalue weighted by atomic mass is 10.0. The number of anilines is 1. The molecule has 2 aromatic rings. The quantitative estimate of drug-likeness (QED) is 0.625. The highest BCUT2D eigenvalue weighted by Crippen LogP contribution is 2.37. The average Bonchev–Trinajstić information content (AvgIpc) is 3.05. The average molecular weight is 484 g/mol. The van der Waals surface area contributed by atoms with Gasteiger partial charge in [0.05, 0.1) is 22.8 Å². The van der Waals surface area contributed by atoms with Gasteiger partial charge in [0.15, 0.2) is 9.84 Å². The van der Waals surface area contributed by atoms with Gasteiger partial charge in [-0.2, -0.15) is 0 Å². The van der Waals surface area contributed by atoms with Crippen LogP contribution >= 0.6 is 22.9 Å². The summed E-state index contributed by atoms with van der Waals surface area (Å²) in [6.45, 7) is 2.33. The van der Waals surface area contributed by atoms with E-state index >= 15 is 0 Å². The van der Waals surface area contributed by atoms with Gasteiger partial charge in [0.1, 0.15) is 5.00 Å². The van der Waals surface area contributed by atoms with Crippen molar-refractivity contribution in [3.8, 4) is 0 Å². The van der Waals surface area contributed by atoms with E-state index in [0.29, 0.717) is 29.5 Å². The van der Waals surface area contributed by atoms with Crippen LogP contribution in [0.25, 0.3) is 0 Å². The highest BCUT2D eigenvalue weighted by atomic mass is 35.5. The molecule has 2 heterocycles. The zero-order valence-electron chi connectivity index (χ0n) is 16.8. The molecule has 0 saturated carbocycles. The number of carbonyl (C=O) groups is 3. The van der Waals surface area contributed by atoms with Crippen LogP contribution in [0, 0.1) is 0 Å². The van der Waals surface area contributed by atoms with Gasteiger partial charge in [-0.05, 0) is 42.7 Å². The Hall–Kier alpha value is -2.43. The Morgan fingerprint density at radius 3 is 2.52 bits per heavy atom. The number of nitrogens with two attached hydrogens (primary N) is 1. The van der Waals surface area contributed by atoms with Crippen LogP contribution in [0.2, 0.25) is 5.02 Å². The molecule has 0 radical (unpaired) electrons. The molecule has 0 unspecified atom stereocenters. The number of primary amides is 1. The van der Waals surface area contributed by atoms with Gasteiger partial charge < -0.3 is 16.0 Å². The first-order valence-electron chi connectivity index (χ1n) is 9.56. The van der Waals surface area contributed by atoms with Crippen molar-refractivity contribution in [2.24, 2.45) is 5.73 Å². The van der Waals surface area contributed by atoms with Gasteiger partial charge in [0.2, 0.25) is 11.8 Å². The minimum atomic E-state index is -3.53. The van der Waals surface area contributed by atoms with Crippen molar-refractivity contribution in [3.63, 3.8) is 0 Å². The predicted molar refractivity (Wildman–Crippen MR) is 119 cm³/mol. The number of sulfone groups is 1. The topological polar surface area (TPSA) is 127 Å². The largest absolute Gasteiger partial charge is 0.365 e. The third-order valence-electron chi connectivity index (χ3n) is 4.99. The zero-order chi connectivity index (χ0) is 22.8. The molecule has 1 aliphatic heterocycles. The number of amides is 3. The van der Waals surface area contributed by atoms with Crippen molar-refractivity contribution >= 4 is 55.5 Å². The van der Waals surface area contributed by atoms with Gasteiger partial charge in [-0.1, -0.05) is 11.6 Å².